The first-order valence-electron chi connectivity index (χ1n) is 8.71. The molecular weight excluding hydrogens is 354 g/mol. The van der Waals surface area contributed by atoms with Crippen molar-refractivity contribution in [2.24, 2.45) is 5.10 Å². The second-order valence-electron chi connectivity index (χ2n) is 6.34. The van der Waals surface area contributed by atoms with E-state index in [-0.39, 0.29) is 5.69 Å². The normalized spacial score (nSPS) is 11.1. The van der Waals surface area contributed by atoms with E-state index in [0.29, 0.717) is 16.8 Å². The van der Waals surface area contributed by atoms with Crippen molar-refractivity contribution in [3.63, 3.8) is 0 Å². The lowest BCUT2D eigenvalue weighted by molar-refractivity contribution is -0.385. The lowest BCUT2D eigenvalue weighted by Gasteiger charge is -2.06. The smallest absolute Gasteiger partial charge is 0.267 e. The third-order valence-corrected chi connectivity index (χ3v) is 4.39. The Bertz CT molecular complexity index is 1040. The number of rotatable bonds is 5. The molecule has 0 saturated heterocycles. The van der Waals surface area contributed by atoms with E-state index in [1.54, 1.807) is 13.8 Å². The van der Waals surface area contributed by atoms with Gasteiger partial charge < -0.3 is 0 Å². The maximum absolute atomic E-state index is 12.3. The van der Waals surface area contributed by atoms with E-state index in [2.05, 4.69) is 10.5 Å². The van der Waals surface area contributed by atoms with Gasteiger partial charge in [-0.1, -0.05) is 54.6 Å². The predicted octanol–water partition coefficient (Wildman–Crippen LogP) is 4.72. The number of nitrogens with zero attached hydrogens (tertiary/aromatic N) is 2. The zero-order chi connectivity index (χ0) is 20.1. The van der Waals surface area contributed by atoms with E-state index in [9.17, 15) is 14.9 Å². The molecule has 0 heterocycles. The fraction of sp³-hybridized carbons (Fsp3) is 0.0909. The second-order valence-corrected chi connectivity index (χ2v) is 6.34. The van der Waals surface area contributed by atoms with Crippen molar-refractivity contribution < 1.29 is 9.72 Å². The number of nitrogens with one attached hydrogen (secondary N) is 1. The highest BCUT2D eigenvalue weighted by molar-refractivity contribution is 6.01. The Morgan fingerprint density at radius 2 is 1.54 bits per heavy atom. The molecule has 0 unspecified atom stereocenters. The number of nitro groups is 1. The first kappa shape index (κ1) is 19.0. The van der Waals surface area contributed by atoms with E-state index in [1.165, 1.54) is 18.2 Å². The van der Waals surface area contributed by atoms with E-state index in [4.69, 9.17) is 0 Å². The quantitative estimate of drug-likeness (QED) is 0.399. The van der Waals surface area contributed by atoms with Crippen LogP contribution in [0.25, 0.3) is 11.1 Å². The van der Waals surface area contributed by atoms with Crippen LogP contribution in [0.4, 0.5) is 5.69 Å². The Kier molecular flexibility index (Phi) is 5.60. The van der Waals surface area contributed by atoms with Gasteiger partial charge in [0, 0.05) is 17.2 Å². The predicted molar refractivity (Wildman–Crippen MR) is 109 cm³/mol. The van der Waals surface area contributed by atoms with Crippen molar-refractivity contribution in [3.05, 3.63) is 99.6 Å². The molecule has 3 rings (SSSR count). The van der Waals surface area contributed by atoms with Crippen LogP contribution in [0.1, 0.15) is 28.4 Å². The van der Waals surface area contributed by atoms with Gasteiger partial charge in [0.15, 0.2) is 0 Å². The molecule has 140 valence electrons. The highest BCUT2D eigenvalue weighted by Crippen LogP contribution is 2.20. The summed E-state index contributed by atoms with van der Waals surface area (Å²) in [5, 5.41) is 15.0. The van der Waals surface area contributed by atoms with Gasteiger partial charge in [-0.15, -0.1) is 0 Å². The number of hydrazone groups is 1. The van der Waals surface area contributed by atoms with E-state index in [0.717, 1.165) is 16.7 Å². The molecule has 3 aromatic carbocycles. The third kappa shape index (κ3) is 4.29. The SMILES string of the molecule is CC(=NNC(=O)c1ccc([N+](=O)[O-])c(C)c1)c1ccc(-c2ccccc2)cc1. The Hall–Kier alpha value is -3.80. The zero-order valence-electron chi connectivity index (χ0n) is 15.5. The molecule has 0 spiro atoms. The fourth-order valence-corrected chi connectivity index (χ4v) is 2.80. The molecule has 0 fully saturated rings. The third-order valence-electron chi connectivity index (χ3n) is 4.39. The molecule has 0 radical (unpaired) electrons. The van der Waals surface area contributed by atoms with Crippen LogP contribution in [0.3, 0.4) is 0 Å². The molecule has 1 amide bonds. The maximum atomic E-state index is 12.3. The average Bonchev–Trinajstić information content (AvgIpc) is 2.72. The van der Waals surface area contributed by atoms with Gasteiger partial charge in [0.1, 0.15) is 0 Å². The van der Waals surface area contributed by atoms with Crippen LogP contribution >= 0.6 is 0 Å². The molecule has 0 atom stereocenters. The van der Waals surface area contributed by atoms with Crippen LogP contribution in [0.2, 0.25) is 0 Å². The Labute approximate surface area is 162 Å². The van der Waals surface area contributed by atoms with Crippen LogP contribution in [0.15, 0.2) is 77.9 Å². The van der Waals surface area contributed by atoms with Crippen molar-refractivity contribution in [1.82, 2.24) is 5.43 Å². The van der Waals surface area contributed by atoms with Crippen molar-refractivity contribution in [2.45, 2.75) is 13.8 Å². The Morgan fingerprint density at radius 1 is 0.929 bits per heavy atom. The Balaban J connectivity index is 1.71. The topological polar surface area (TPSA) is 84.6 Å². The van der Waals surface area contributed by atoms with Gasteiger partial charge in [-0.25, -0.2) is 5.43 Å². The summed E-state index contributed by atoms with van der Waals surface area (Å²) in [4.78, 5) is 22.7. The number of carbonyl (C=O) groups excluding carboxylic acids is 1. The molecular formula is C22H19N3O3. The molecule has 28 heavy (non-hydrogen) atoms. The lowest BCUT2D eigenvalue weighted by Crippen LogP contribution is -2.19. The Morgan fingerprint density at radius 3 is 2.14 bits per heavy atom. The molecule has 6 heteroatoms. The highest BCUT2D eigenvalue weighted by Gasteiger charge is 2.13. The number of benzene rings is 3. The van der Waals surface area contributed by atoms with Crippen LogP contribution in [0.5, 0.6) is 0 Å². The zero-order valence-corrected chi connectivity index (χ0v) is 15.5. The minimum atomic E-state index is -0.474. The summed E-state index contributed by atoms with van der Waals surface area (Å²) >= 11 is 0. The number of carbonyl (C=O) groups is 1. The summed E-state index contributed by atoms with van der Waals surface area (Å²) in [5.74, 6) is -0.418. The average molecular weight is 373 g/mol. The van der Waals surface area contributed by atoms with Crippen molar-refractivity contribution >= 4 is 17.3 Å². The number of nitro benzene ring substituents is 1. The molecule has 0 aromatic heterocycles. The largest absolute Gasteiger partial charge is 0.272 e. The van der Waals surface area contributed by atoms with Gasteiger partial charge in [-0.2, -0.15) is 5.10 Å². The summed E-state index contributed by atoms with van der Waals surface area (Å²) in [7, 11) is 0. The van der Waals surface area contributed by atoms with Crippen molar-refractivity contribution in [1.29, 1.82) is 0 Å². The molecule has 0 aliphatic carbocycles. The van der Waals surface area contributed by atoms with Crippen molar-refractivity contribution in [2.75, 3.05) is 0 Å². The van der Waals surface area contributed by atoms with Crippen LogP contribution < -0.4 is 5.43 Å². The summed E-state index contributed by atoms with van der Waals surface area (Å²) in [5.41, 5.74) is 7.00. The number of amides is 1. The van der Waals surface area contributed by atoms with Crippen LogP contribution in [-0.2, 0) is 0 Å². The standard InChI is InChI=1S/C22H19N3O3/c1-15-14-20(12-13-21(15)25(27)28)22(26)24-23-16(2)17-8-10-19(11-9-17)18-6-4-3-5-7-18/h3-14H,1-2H3,(H,24,26). The maximum Gasteiger partial charge on any atom is 0.272 e. The number of hydrogen-bond acceptors (Lipinski definition) is 4. The van der Waals surface area contributed by atoms with Crippen LogP contribution in [-0.4, -0.2) is 16.5 Å². The first-order valence-corrected chi connectivity index (χ1v) is 8.71. The molecule has 0 aliphatic rings. The lowest BCUT2D eigenvalue weighted by atomic mass is 10.0. The molecule has 0 saturated carbocycles. The minimum Gasteiger partial charge on any atom is -0.267 e. The fourth-order valence-electron chi connectivity index (χ4n) is 2.80. The first-order chi connectivity index (χ1) is 13.5. The van der Waals surface area contributed by atoms with E-state index in [1.807, 2.05) is 54.6 Å². The van der Waals surface area contributed by atoms with E-state index < -0.39 is 10.8 Å². The molecule has 6 nitrogen and oxygen atoms in total. The molecule has 3 aromatic rings. The van der Waals surface area contributed by atoms with Gasteiger partial charge in [-0.05, 0) is 42.7 Å². The number of aryl methyl sites for hydroxylation is 1. The van der Waals surface area contributed by atoms with Gasteiger partial charge in [0.05, 0.1) is 10.6 Å². The van der Waals surface area contributed by atoms with Crippen molar-refractivity contribution in [3.8, 4) is 11.1 Å². The highest BCUT2D eigenvalue weighted by atomic mass is 16.6. The van der Waals surface area contributed by atoms with Gasteiger partial charge in [0.25, 0.3) is 11.6 Å². The number of hydrogen-bond donors (Lipinski definition) is 1. The van der Waals surface area contributed by atoms with Crippen LogP contribution in [0, 0.1) is 17.0 Å². The van der Waals surface area contributed by atoms with Gasteiger partial charge >= 0.3 is 0 Å². The molecule has 1 N–H and O–H groups in total. The molecule has 0 bridgehead atoms. The summed E-state index contributed by atoms with van der Waals surface area (Å²) < 4.78 is 0. The second kappa shape index (κ2) is 8.26. The summed E-state index contributed by atoms with van der Waals surface area (Å²) in [6.45, 7) is 3.40. The van der Waals surface area contributed by atoms with Gasteiger partial charge in [0.2, 0.25) is 0 Å². The summed E-state index contributed by atoms with van der Waals surface area (Å²) in [6, 6.07) is 22.2. The van der Waals surface area contributed by atoms with Gasteiger partial charge in [-0.3, -0.25) is 14.9 Å². The minimum absolute atomic E-state index is 0.0188. The van der Waals surface area contributed by atoms with E-state index >= 15 is 0 Å². The summed E-state index contributed by atoms with van der Waals surface area (Å²) in [6.07, 6.45) is 0. The monoisotopic (exact) mass is 373 g/mol. The molecule has 0 aliphatic heterocycles.